The second-order valence-corrected chi connectivity index (χ2v) is 4.41. The van der Waals surface area contributed by atoms with Crippen molar-refractivity contribution in [3.8, 4) is 11.5 Å². The summed E-state index contributed by atoms with van der Waals surface area (Å²) >= 11 is 0. The maximum absolute atomic E-state index is 12.8. The standard InChI is InChI=1S/C15H14FN3O4/c1-22-14-8-10(7-13(19(20)21)15(14)23-2)9-17-18-12-5-3-11(16)4-6-12/h3-9,18H,1-2H3/b17-9+. The van der Waals surface area contributed by atoms with Gasteiger partial charge in [-0.15, -0.1) is 0 Å². The van der Waals surface area contributed by atoms with Gasteiger partial charge in [0.1, 0.15) is 5.82 Å². The molecule has 0 saturated carbocycles. The van der Waals surface area contributed by atoms with Crippen LogP contribution < -0.4 is 14.9 Å². The maximum Gasteiger partial charge on any atom is 0.315 e. The van der Waals surface area contributed by atoms with Crippen LogP contribution in [0.5, 0.6) is 11.5 Å². The van der Waals surface area contributed by atoms with Crippen molar-refractivity contribution >= 4 is 17.6 Å². The Hall–Kier alpha value is -3.16. The molecule has 0 heterocycles. The summed E-state index contributed by atoms with van der Waals surface area (Å²) in [5.74, 6) is -0.0823. The third kappa shape index (κ3) is 3.94. The first-order valence-corrected chi connectivity index (χ1v) is 6.50. The Balaban J connectivity index is 2.25. The minimum atomic E-state index is -0.563. The van der Waals surface area contributed by atoms with E-state index >= 15 is 0 Å². The zero-order chi connectivity index (χ0) is 16.8. The molecule has 0 aromatic heterocycles. The molecule has 0 aliphatic carbocycles. The summed E-state index contributed by atoms with van der Waals surface area (Å²) in [5, 5.41) is 15.1. The molecular formula is C15H14FN3O4. The topological polar surface area (TPSA) is 86.0 Å². The predicted molar refractivity (Wildman–Crippen MR) is 83.8 cm³/mol. The lowest BCUT2D eigenvalue weighted by atomic mass is 10.2. The highest BCUT2D eigenvalue weighted by molar-refractivity contribution is 5.83. The van der Waals surface area contributed by atoms with Crippen LogP contribution in [-0.2, 0) is 0 Å². The average molecular weight is 319 g/mol. The summed E-state index contributed by atoms with van der Waals surface area (Å²) in [7, 11) is 2.72. The molecule has 0 unspecified atom stereocenters. The Kier molecular flexibility index (Phi) is 5.08. The molecule has 2 aromatic rings. The second-order valence-electron chi connectivity index (χ2n) is 4.41. The fourth-order valence-electron chi connectivity index (χ4n) is 1.88. The Morgan fingerprint density at radius 1 is 1.22 bits per heavy atom. The molecule has 1 N–H and O–H groups in total. The monoisotopic (exact) mass is 319 g/mol. The van der Waals surface area contributed by atoms with E-state index in [0.717, 1.165) is 0 Å². The molecular weight excluding hydrogens is 305 g/mol. The number of hydrogen-bond acceptors (Lipinski definition) is 6. The van der Waals surface area contributed by atoms with Crippen molar-refractivity contribution in [2.75, 3.05) is 19.6 Å². The van der Waals surface area contributed by atoms with Crippen LogP contribution in [0.15, 0.2) is 41.5 Å². The molecule has 0 saturated heterocycles. The van der Waals surface area contributed by atoms with Gasteiger partial charge in [-0.05, 0) is 30.3 Å². The summed E-state index contributed by atoms with van der Waals surface area (Å²) in [6, 6.07) is 8.49. The van der Waals surface area contributed by atoms with Crippen LogP contribution in [0.25, 0.3) is 0 Å². The normalized spacial score (nSPS) is 10.6. The third-order valence-corrected chi connectivity index (χ3v) is 2.93. The lowest BCUT2D eigenvalue weighted by Crippen LogP contribution is -1.99. The molecule has 2 aromatic carbocycles. The number of halogens is 1. The van der Waals surface area contributed by atoms with Gasteiger partial charge < -0.3 is 9.47 Å². The highest BCUT2D eigenvalue weighted by Gasteiger charge is 2.20. The van der Waals surface area contributed by atoms with Crippen LogP contribution >= 0.6 is 0 Å². The highest BCUT2D eigenvalue weighted by atomic mass is 19.1. The lowest BCUT2D eigenvalue weighted by molar-refractivity contribution is -0.385. The molecule has 7 nitrogen and oxygen atoms in total. The van der Waals surface area contributed by atoms with Crippen LogP contribution in [0.1, 0.15) is 5.56 Å². The van der Waals surface area contributed by atoms with Crippen molar-refractivity contribution in [3.05, 3.63) is 57.9 Å². The summed E-state index contributed by atoms with van der Waals surface area (Å²) in [6.45, 7) is 0. The SMILES string of the molecule is COc1cc(/C=N/Nc2ccc(F)cc2)cc([N+](=O)[O-])c1OC. The summed E-state index contributed by atoms with van der Waals surface area (Å²) < 4.78 is 22.9. The fraction of sp³-hybridized carbons (Fsp3) is 0.133. The Bertz CT molecular complexity index is 732. The first kappa shape index (κ1) is 16.2. The molecule has 0 aliphatic heterocycles. The molecule has 0 amide bonds. The van der Waals surface area contributed by atoms with E-state index in [0.29, 0.717) is 11.3 Å². The van der Waals surface area contributed by atoms with Gasteiger partial charge in [-0.3, -0.25) is 15.5 Å². The minimum Gasteiger partial charge on any atom is -0.493 e. The third-order valence-electron chi connectivity index (χ3n) is 2.93. The number of hydrazone groups is 1. The molecule has 8 heteroatoms. The number of nitrogens with zero attached hydrogens (tertiary/aromatic N) is 2. The van der Waals surface area contributed by atoms with Crippen LogP contribution in [0.3, 0.4) is 0 Å². The van der Waals surface area contributed by atoms with Gasteiger partial charge in [0.2, 0.25) is 5.75 Å². The number of anilines is 1. The molecule has 0 fully saturated rings. The van der Waals surface area contributed by atoms with Gasteiger partial charge in [-0.25, -0.2) is 4.39 Å². The van der Waals surface area contributed by atoms with Gasteiger partial charge in [-0.1, -0.05) is 0 Å². The summed E-state index contributed by atoms with van der Waals surface area (Å²) in [5.41, 5.74) is 3.50. The van der Waals surface area contributed by atoms with Gasteiger partial charge in [0, 0.05) is 11.6 Å². The van der Waals surface area contributed by atoms with Gasteiger partial charge in [-0.2, -0.15) is 5.10 Å². The van der Waals surface area contributed by atoms with Crippen molar-refractivity contribution in [1.82, 2.24) is 0 Å². The van der Waals surface area contributed by atoms with Crippen LogP contribution in [0.2, 0.25) is 0 Å². The molecule has 0 atom stereocenters. The number of benzene rings is 2. The number of nitro groups is 1. The smallest absolute Gasteiger partial charge is 0.315 e. The quantitative estimate of drug-likeness (QED) is 0.502. The molecule has 120 valence electrons. The Morgan fingerprint density at radius 3 is 2.48 bits per heavy atom. The highest BCUT2D eigenvalue weighted by Crippen LogP contribution is 2.37. The van der Waals surface area contributed by atoms with Crippen LogP contribution in [-0.4, -0.2) is 25.4 Å². The number of nitrogens with one attached hydrogen (secondary N) is 1. The molecule has 0 spiro atoms. The second kappa shape index (κ2) is 7.21. The first-order chi connectivity index (χ1) is 11.0. The van der Waals surface area contributed by atoms with E-state index in [1.807, 2.05) is 0 Å². The minimum absolute atomic E-state index is 0.0427. The van der Waals surface area contributed by atoms with E-state index in [1.54, 1.807) is 6.07 Å². The predicted octanol–water partition coefficient (Wildman–Crippen LogP) is 3.20. The number of methoxy groups -OCH3 is 2. The van der Waals surface area contributed by atoms with Gasteiger partial charge in [0.05, 0.1) is 31.0 Å². The van der Waals surface area contributed by atoms with Gasteiger partial charge >= 0.3 is 5.69 Å². The number of ether oxygens (including phenoxy) is 2. The van der Waals surface area contributed by atoms with Crippen molar-refractivity contribution in [2.24, 2.45) is 5.10 Å². The van der Waals surface area contributed by atoms with Crippen LogP contribution in [0, 0.1) is 15.9 Å². The number of nitro benzene ring substituents is 1. The van der Waals surface area contributed by atoms with Crippen molar-refractivity contribution in [3.63, 3.8) is 0 Å². The first-order valence-electron chi connectivity index (χ1n) is 6.50. The van der Waals surface area contributed by atoms with E-state index in [-0.39, 0.29) is 23.0 Å². The molecule has 0 radical (unpaired) electrons. The van der Waals surface area contributed by atoms with Gasteiger partial charge in [0.25, 0.3) is 0 Å². The Labute approximate surface area is 131 Å². The number of rotatable bonds is 6. The van der Waals surface area contributed by atoms with Crippen LogP contribution in [0.4, 0.5) is 15.8 Å². The number of hydrogen-bond donors (Lipinski definition) is 1. The fourth-order valence-corrected chi connectivity index (χ4v) is 1.88. The molecule has 23 heavy (non-hydrogen) atoms. The maximum atomic E-state index is 12.8. The van der Waals surface area contributed by atoms with Gasteiger partial charge in [0.15, 0.2) is 5.75 Å². The van der Waals surface area contributed by atoms with E-state index in [2.05, 4.69) is 10.5 Å². The van der Waals surface area contributed by atoms with Crippen molar-refractivity contribution < 1.29 is 18.8 Å². The van der Waals surface area contributed by atoms with Crippen molar-refractivity contribution in [2.45, 2.75) is 0 Å². The van der Waals surface area contributed by atoms with Crippen molar-refractivity contribution in [1.29, 1.82) is 0 Å². The van der Waals surface area contributed by atoms with E-state index in [1.165, 1.54) is 50.8 Å². The van der Waals surface area contributed by atoms with E-state index in [4.69, 9.17) is 9.47 Å². The summed E-state index contributed by atoms with van der Waals surface area (Å²) in [6.07, 6.45) is 1.39. The zero-order valence-corrected chi connectivity index (χ0v) is 12.4. The Morgan fingerprint density at radius 2 is 1.91 bits per heavy atom. The summed E-state index contributed by atoms with van der Waals surface area (Å²) in [4.78, 5) is 10.5. The molecule has 0 bridgehead atoms. The lowest BCUT2D eigenvalue weighted by Gasteiger charge is -2.08. The average Bonchev–Trinajstić information content (AvgIpc) is 2.55. The molecule has 2 rings (SSSR count). The zero-order valence-electron chi connectivity index (χ0n) is 12.4. The largest absolute Gasteiger partial charge is 0.493 e. The van der Waals surface area contributed by atoms with E-state index in [9.17, 15) is 14.5 Å². The van der Waals surface area contributed by atoms with E-state index < -0.39 is 4.92 Å². The molecule has 0 aliphatic rings.